The molecule has 8 nitrogen and oxygen atoms in total. The summed E-state index contributed by atoms with van der Waals surface area (Å²) in [7, 11) is 1.53. The number of aromatic nitrogens is 2. The Morgan fingerprint density at radius 2 is 1.85 bits per heavy atom. The van der Waals surface area contributed by atoms with E-state index in [2.05, 4.69) is 10.3 Å². The van der Waals surface area contributed by atoms with Gasteiger partial charge in [0.15, 0.2) is 0 Å². The molecule has 0 saturated carbocycles. The molecule has 4 rings (SSSR count). The molecule has 0 fully saturated rings. The molecule has 9 heteroatoms. The van der Waals surface area contributed by atoms with Crippen LogP contribution in [-0.2, 0) is 11.3 Å². The lowest BCUT2D eigenvalue weighted by Crippen LogP contribution is -2.21. The number of aryl methyl sites for hydroxylation is 1. The highest BCUT2D eigenvalue weighted by atomic mass is 32.1. The minimum absolute atomic E-state index is 0.232. The van der Waals surface area contributed by atoms with Crippen molar-refractivity contribution in [3.8, 4) is 5.75 Å². The van der Waals surface area contributed by atoms with Gasteiger partial charge in [-0.25, -0.2) is 9.78 Å². The molecule has 0 atom stereocenters. The highest BCUT2D eigenvalue weighted by Crippen LogP contribution is 2.29. The van der Waals surface area contributed by atoms with Crippen LogP contribution in [-0.4, -0.2) is 35.1 Å². The summed E-state index contributed by atoms with van der Waals surface area (Å²) in [5, 5.41) is 3.27. The van der Waals surface area contributed by atoms with Crippen LogP contribution in [0, 0.1) is 6.92 Å². The van der Waals surface area contributed by atoms with Gasteiger partial charge in [0.2, 0.25) is 0 Å². The minimum atomic E-state index is -0.387. The van der Waals surface area contributed by atoms with Crippen molar-refractivity contribution in [3.63, 3.8) is 0 Å². The van der Waals surface area contributed by atoms with E-state index in [4.69, 9.17) is 9.47 Å². The standard InChI is InChI=1S/C25H23N3O5S/c1-4-33-25(31)17-11-9-16(10-12-17)13-28-14-26-23-20(24(28)30)15(2)21(34-23)22(29)27-18-7-5-6-8-19(18)32-3/h5-12,14H,4,13H2,1-3H3,(H,27,29). The van der Waals surface area contributed by atoms with Gasteiger partial charge in [0.05, 0.1) is 48.1 Å². The first-order valence-corrected chi connectivity index (χ1v) is 11.4. The van der Waals surface area contributed by atoms with Gasteiger partial charge in [-0.15, -0.1) is 11.3 Å². The molecule has 4 aromatic rings. The molecule has 174 valence electrons. The first kappa shape index (κ1) is 23.2. The van der Waals surface area contributed by atoms with Crippen LogP contribution in [0.2, 0.25) is 0 Å². The van der Waals surface area contributed by atoms with Crippen LogP contribution in [0.25, 0.3) is 10.2 Å². The van der Waals surface area contributed by atoms with Crippen molar-refractivity contribution in [1.82, 2.24) is 9.55 Å². The topological polar surface area (TPSA) is 99.5 Å². The SMILES string of the molecule is CCOC(=O)c1ccc(Cn2cnc3sc(C(=O)Nc4ccccc4OC)c(C)c3c2=O)cc1. The van der Waals surface area contributed by atoms with Crippen molar-refractivity contribution in [1.29, 1.82) is 0 Å². The molecule has 1 N–H and O–H groups in total. The van der Waals surface area contributed by atoms with Crippen molar-refractivity contribution in [3.05, 3.63) is 86.8 Å². The number of esters is 1. The van der Waals surface area contributed by atoms with E-state index >= 15 is 0 Å². The van der Waals surface area contributed by atoms with E-state index in [1.807, 2.05) is 6.07 Å². The average molecular weight is 478 g/mol. The number of nitrogens with zero attached hydrogens (tertiary/aromatic N) is 2. The molecule has 34 heavy (non-hydrogen) atoms. The Hall–Kier alpha value is -3.98. The van der Waals surface area contributed by atoms with E-state index in [1.165, 1.54) is 29.3 Å². The van der Waals surface area contributed by atoms with Gasteiger partial charge in [0, 0.05) is 0 Å². The largest absolute Gasteiger partial charge is 0.495 e. The van der Waals surface area contributed by atoms with Gasteiger partial charge >= 0.3 is 5.97 Å². The van der Waals surface area contributed by atoms with Crippen LogP contribution in [0.15, 0.2) is 59.7 Å². The second kappa shape index (κ2) is 9.88. The number of para-hydroxylation sites is 2. The molecule has 0 aliphatic carbocycles. The van der Waals surface area contributed by atoms with E-state index in [1.54, 1.807) is 56.3 Å². The molecule has 2 aromatic carbocycles. The van der Waals surface area contributed by atoms with Crippen LogP contribution in [0.3, 0.4) is 0 Å². The number of hydrogen-bond donors (Lipinski definition) is 1. The number of fused-ring (bicyclic) bond motifs is 1. The summed E-state index contributed by atoms with van der Waals surface area (Å²) in [6.45, 7) is 4.09. The van der Waals surface area contributed by atoms with Crippen LogP contribution in [0.5, 0.6) is 5.75 Å². The number of hydrogen-bond acceptors (Lipinski definition) is 7. The highest BCUT2D eigenvalue weighted by molar-refractivity contribution is 7.20. The number of thiophene rings is 1. The van der Waals surface area contributed by atoms with E-state index in [0.29, 0.717) is 44.3 Å². The van der Waals surface area contributed by atoms with Gasteiger partial charge in [0.25, 0.3) is 11.5 Å². The molecule has 1 amide bonds. The van der Waals surface area contributed by atoms with E-state index in [0.717, 1.165) is 5.56 Å². The zero-order valence-electron chi connectivity index (χ0n) is 19.0. The van der Waals surface area contributed by atoms with Crippen molar-refractivity contribution in [2.24, 2.45) is 0 Å². The van der Waals surface area contributed by atoms with Gasteiger partial charge in [0.1, 0.15) is 10.6 Å². The summed E-state index contributed by atoms with van der Waals surface area (Å²) >= 11 is 1.17. The van der Waals surface area contributed by atoms with Gasteiger partial charge in [-0.3, -0.25) is 14.2 Å². The van der Waals surface area contributed by atoms with E-state index in [9.17, 15) is 14.4 Å². The minimum Gasteiger partial charge on any atom is -0.495 e. The maximum absolute atomic E-state index is 13.2. The summed E-state index contributed by atoms with van der Waals surface area (Å²) in [6.07, 6.45) is 1.47. The first-order valence-electron chi connectivity index (χ1n) is 10.6. The van der Waals surface area contributed by atoms with Gasteiger partial charge in [-0.1, -0.05) is 24.3 Å². The van der Waals surface area contributed by atoms with Gasteiger partial charge < -0.3 is 14.8 Å². The van der Waals surface area contributed by atoms with Gasteiger partial charge in [-0.05, 0) is 49.2 Å². The summed E-state index contributed by atoms with van der Waals surface area (Å²) < 4.78 is 11.8. The second-order valence-electron chi connectivity index (χ2n) is 7.49. The molecule has 0 bridgehead atoms. The molecule has 0 spiro atoms. The number of nitrogens with one attached hydrogen (secondary N) is 1. The molecular formula is C25H23N3O5S. The van der Waals surface area contributed by atoms with Crippen LogP contribution in [0.4, 0.5) is 5.69 Å². The summed E-state index contributed by atoms with van der Waals surface area (Å²) in [4.78, 5) is 43.3. The molecule has 2 heterocycles. The van der Waals surface area contributed by atoms with Crippen LogP contribution >= 0.6 is 11.3 Å². The number of carbonyl (C=O) groups is 2. The predicted octanol–water partition coefficient (Wildman–Crippen LogP) is 4.25. The van der Waals surface area contributed by atoms with Crippen molar-refractivity contribution >= 4 is 39.1 Å². The Balaban J connectivity index is 1.61. The Morgan fingerprint density at radius 1 is 1.12 bits per heavy atom. The number of methoxy groups -OCH3 is 1. The van der Waals surface area contributed by atoms with E-state index < -0.39 is 0 Å². The number of ether oxygens (including phenoxy) is 2. The molecule has 0 aliphatic heterocycles. The number of benzene rings is 2. The fraction of sp³-hybridized carbons (Fsp3) is 0.200. The molecule has 0 unspecified atom stereocenters. The van der Waals surface area contributed by atoms with Crippen molar-refractivity contribution in [2.45, 2.75) is 20.4 Å². The molecule has 0 aliphatic rings. The fourth-order valence-electron chi connectivity index (χ4n) is 3.57. The highest BCUT2D eigenvalue weighted by Gasteiger charge is 2.20. The fourth-order valence-corrected chi connectivity index (χ4v) is 4.61. The quantitative estimate of drug-likeness (QED) is 0.400. The lowest BCUT2D eigenvalue weighted by Gasteiger charge is -2.09. The lowest BCUT2D eigenvalue weighted by atomic mass is 10.1. The smallest absolute Gasteiger partial charge is 0.338 e. The summed E-state index contributed by atoms with van der Waals surface area (Å²) in [5.74, 6) is -0.170. The maximum Gasteiger partial charge on any atom is 0.338 e. The van der Waals surface area contributed by atoms with Gasteiger partial charge in [-0.2, -0.15) is 0 Å². The lowest BCUT2D eigenvalue weighted by molar-refractivity contribution is 0.0526. The zero-order chi connectivity index (χ0) is 24.2. The molecule has 0 radical (unpaired) electrons. The second-order valence-corrected chi connectivity index (χ2v) is 8.48. The number of anilines is 1. The third-order valence-corrected chi connectivity index (χ3v) is 6.50. The normalized spacial score (nSPS) is 10.8. The molecular weight excluding hydrogens is 454 g/mol. The van der Waals surface area contributed by atoms with Crippen LogP contribution < -0.4 is 15.6 Å². The number of carbonyl (C=O) groups excluding carboxylic acids is 2. The molecule has 0 saturated heterocycles. The summed E-state index contributed by atoms with van der Waals surface area (Å²) in [5.41, 5.74) is 2.18. The Kier molecular flexibility index (Phi) is 6.74. The third-order valence-electron chi connectivity index (χ3n) is 5.30. The van der Waals surface area contributed by atoms with Crippen LogP contribution in [0.1, 0.15) is 38.1 Å². The third kappa shape index (κ3) is 4.55. The zero-order valence-corrected chi connectivity index (χ0v) is 19.8. The first-order chi connectivity index (χ1) is 16.4. The number of rotatable bonds is 7. The maximum atomic E-state index is 13.2. The number of amides is 1. The summed E-state index contributed by atoms with van der Waals surface area (Å²) in [6, 6.07) is 14.0. The van der Waals surface area contributed by atoms with Crippen molar-refractivity contribution < 1.29 is 19.1 Å². The Bertz CT molecular complexity index is 1420. The predicted molar refractivity (Wildman–Crippen MR) is 131 cm³/mol. The average Bonchev–Trinajstić information content (AvgIpc) is 3.19. The Labute approximate surface area is 199 Å². The Morgan fingerprint density at radius 3 is 2.56 bits per heavy atom. The monoisotopic (exact) mass is 477 g/mol. The van der Waals surface area contributed by atoms with E-state index in [-0.39, 0.29) is 24.0 Å². The van der Waals surface area contributed by atoms with Crippen molar-refractivity contribution in [2.75, 3.05) is 19.0 Å². The molecule has 2 aromatic heterocycles.